The first-order chi connectivity index (χ1) is 30.8. The Morgan fingerprint density at radius 2 is 0.742 bits per heavy atom. The van der Waals surface area contributed by atoms with Crippen molar-refractivity contribution < 1.29 is 0 Å². The van der Waals surface area contributed by atoms with E-state index in [9.17, 15) is 0 Å². The third kappa shape index (κ3) is 5.90. The number of fused-ring (bicyclic) bond motifs is 6. The molecule has 3 aromatic heterocycles. The third-order valence-corrected chi connectivity index (χ3v) is 12.0. The molecular formula is C57H37N5. The maximum Gasteiger partial charge on any atom is 0.164 e. The fraction of sp³-hybridized carbons (Fsp3) is 0. The fourth-order valence-electron chi connectivity index (χ4n) is 9.17. The molecule has 0 aliphatic heterocycles. The highest BCUT2D eigenvalue weighted by Crippen LogP contribution is 2.41. The van der Waals surface area contributed by atoms with Crippen molar-refractivity contribution in [2.24, 2.45) is 0 Å². The van der Waals surface area contributed by atoms with Gasteiger partial charge in [0.25, 0.3) is 0 Å². The molecular weight excluding hydrogens is 755 g/mol. The number of hydrogen-bond donors (Lipinski definition) is 0. The highest BCUT2D eigenvalue weighted by Gasteiger charge is 2.22. The smallest absolute Gasteiger partial charge is 0.164 e. The van der Waals surface area contributed by atoms with Gasteiger partial charge in [0.1, 0.15) is 0 Å². The van der Waals surface area contributed by atoms with Crippen molar-refractivity contribution in [3.05, 3.63) is 224 Å². The summed E-state index contributed by atoms with van der Waals surface area (Å²) in [6.07, 6.45) is 0. The van der Waals surface area contributed by atoms with Crippen molar-refractivity contribution in [3.63, 3.8) is 0 Å². The first-order valence-corrected chi connectivity index (χ1v) is 21.0. The highest BCUT2D eigenvalue weighted by atomic mass is 15.1. The van der Waals surface area contributed by atoms with Gasteiger partial charge in [0.05, 0.1) is 27.8 Å². The quantitative estimate of drug-likeness (QED) is 0.162. The van der Waals surface area contributed by atoms with Gasteiger partial charge >= 0.3 is 0 Å². The Labute approximate surface area is 358 Å². The van der Waals surface area contributed by atoms with Gasteiger partial charge in [-0.25, -0.2) is 15.0 Å². The molecule has 0 atom stereocenters. The summed E-state index contributed by atoms with van der Waals surface area (Å²) >= 11 is 0. The molecule has 3 heterocycles. The van der Waals surface area contributed by atoms with Crippen LogP contribution in [0.5, 0.6) is 0 Å². The van der Waals surface area contributed by atoms with Gasteiger partial charge in [-0.15, -0.1) is 0 Å². The van der Waals surface area contributed by atoms with Crippen LogP contribution in [0.25, 0.3) is 111 Å². The molecule has 0 unspecified atom stereocenters. The fourth-order valence-corrected chi connectivity index (χ4v) is 9.17. The summed E-state index contributed by atoms with van der Waals surface area (Å²) in [5.74, 6) is 1.83. The molecule has 0 aliphatic carbocycles. The number of hydrogen-bond acceptors (Lipinski definition) is 3. The molecule has 12 aromatic rings. The zero-order valence-electron chi connectivity index (χ0n) is 33.6. The van der Waals surface area contributed by atoms with E-state index in [1.165, 1.54) is 32.6 Å². The van der Waals surface area contributed by atoms with Crippen molar-refractivity contribution >= 4 is 43.6 Å². The Morgan fingerprint density at radius 3 is 1.40 bits per heavy atom. The molecule has 0 fully saturated rings. The molecule has 0 aliphatic rings. The topological polar surface area (TPSA) is 48.5 Å². The predicted molar refractivity (Wildman–Crippen MR) is 256 cm³/mol. The van der Waals surface area contributed by atoms with Crippen LogP contribution in [0.15, 0.2) is 224 Å². The van der Waals surface area contributed by atoms with Crippen LogP contribution in [0, 0.1) is 0 Å². The average Bonchev–Trinajstić information content (AvgIpc) is 3.88. The molecule has 0 amide bonds. The first kappa shape index (κ1) is 35.5. The van der Waals surface area contributed by atoms with E-state index in [4.69, 9.17) is 15.0 Å². The number of rotatable bonds is 7. The second-order valence-corrected chi connectivity index (χ2v) is 15.6. The van der Waals surface area contributed by atoms with E-state index in [-0.39, 0.29) is 0 Å². The van der Waals surface area contributed by atoms with Crippen LogP contribution < -0.4 is 0 Å². The molecule has 290 valence electrons. The molecule has 0 bridgehead atoms. The Kier molecular flexibility index (Phi) is 8.42. The first-order valence-electron chi connectivity index (χ1n) is 21.0. The molecule has 0 saturated carbocycles. The summed E-state index contributed by atoms with van der Waals surface area (Å²) in [5.41, 5.74) is 13.8. The number of aromatic nitrogens is 5. The molecule has 12 rings (SSSR count). The lowest BCUT2D eigenvalue weighted by atomic mass is 9.98. The minimum absolute atomic E-state index is 0.600. The molecule has 0 radical (unpaired) electrons. The largest absolute Gasteiger partial charge is 0.307 e. The van der Waals surface area contributed by atoms with E-state index in [1.807, 2.05) is 24.3 Å². The lowest BCUT2D eigenvalue weighted by Crippen LogP contribution is -2.03. The second-order valence-electron chi connectivity index (χ2n) is 15.6. The molecule has 0 N–H and O–H groups in total. The van der Waals surface area contributed by atoms with Gasteiger partial charge in [-0.2, -0.15) is 0 Å². The minimum Gasteiger partial charge on any atom is -0.307 e. The van der Waals surface area contributed by atoms with Crippen molar-refractivity contribution in [1.82, 2.24) is 24.1 Å². The summed E-state index contributed by atoms with van der Waals surface area (Å²) < 4.78 is 4.85. The normalized spacial score (nSPS) is 11.5. The van der Waals surface area contributed by atoms with Gasteiger partial charge in [0, 0.05) is 43.9 Å². The van der Waals surface area contributed by atoms with E-state index >= 15 is 0 Å². The molecule has 62 heavy (non-hydrogen) atoms. The lowest BCUT2D eigenvalue weighted by molar-refractivity contribution is 1.07. The molecule has 0 spiro atoms. The lowest BCUT2D eigenvalue weighted by Gasteiger charge is -2.17. The van der Waals surface area contributed by atoms with Gasteiger partial charge in [-0.3, -0.25) is 0 Å². The van der Waals surface area contributed by atoms with Gasteiger partial charge < -0.3 is 9.13 Å². The molecule has 0 saturated heterocycles. The summed E-state index contributed by atoms with van der Waals surface area (Å²) in [4.78, 5) is 15.8. The summed E-state index contributed by atoms with van der Waals surface area (Å²) in [7, 11) is 0. The third-order valence-electron chi connectivity index (χ3n) is 12.0. The van der Waals surface area contributed by atoms with Crippen LogP contribution in [0.2, 0.25) is 0 Å². The second kappa shape index (κ2) is 14.7. The van der Waals surface area contributed by atoms with Crippen molar-refractivity contribution in [3.8, 4) is 67.8 Å². The zero-order chi connectivity index (χ0) is 41.0. The Morgan fingerprint density at radius 1 is 0.274 bits per heavy atom. The highest BCUT2D eigenvalue weighted by molar-refractivity contribution is 6.15. The molecule has 5 nitrogen and oxygen atoms in total. The van der Waals surface area contributed by atoms with Gasteiger partial charge in [-0.1, -0.05) is 182 Å². The van der Waals surface area contributed by atoms with Crippen LogP contribution in [0.4, 0.5) is 0 Å². The maximum atomic E-state index is 5.36. The summed E-state index contributed by atoms with van der Waals surface area (Å²) in [6, 6.07) is 79.2. The van der Waals surface area contributed by atoms with Crippen LogP contribution in [-0.4, -0.2) is 24.1 Å². The Balaban J connectivity index is 1.14. The van der Waals surface area contributed by atoms with Crippen LogP contribution in [-0.2, 0) is 0 Å². The summed E-state index contributed by atoms with van der Waals surface area (Å²) in [6.45, 7) is 0. The van der Waals surface area contributed by atoms with E-state index in [1.54, 1.807) is 0 Å². The standard InChI is InChI=1S/C57H37N5/c1-4-18-38(19-5-1)41-24-16-25-42(36-41)56-58-55(40-22-8-3-9-23-40)59-57(60-56)49-37-43(34-35-44(49)39-20-6-2-7-21-39)61-50-30-13-12-28-47(50)48-29-17-33-53(54(48)61)62-51-31-14-10-26-45(51)46-27-11-15-32-52(46)62/h1-37H. The summed E-state index contributed by atoms with van der Waals surface area (Å²) in [5, 5.41) is 4.82. The van der Waals surface area contributed by atoms with E-state index < -0.39 is 0 Å². The molecule has 9 aromatic carbocycles. The van der Waals surface area contributed by atoms with E-state index in [2.05, 4.69) is 209 Å². The van der Waals surface area contributed by atoms with Gasteiger partial charge in [-0.05, 0) is 64.7 Å². The predicted octanol–water partition coefficient (Wildman–Crippen LogP) is 14.4. The van der Waals surface area contributed by atoms with Crippen LogP contribution in [0.3, 0.4) is 0 Å². The average molecular weight is 792 g/mol. The Bertz CT molecular complexity index is 3570. The van der Waals surface area contributed by atoms with Crippen molar-refractivity contribution in [1.29, 1.82) is 0 Å². The zero-order valence-corrected chi connectivity index (χ0v) is 33.6. The molecule has 5 heteroatoms. The van der Waals surface area contributed by atoms with Crippen LogP contribution in [0.1, 0.15) is 0 Å². The number of nitrogens with zero attached hydrogens (tertiary/aromatic N) is 5. The monoisotopic (exact) mass is 791 g/mol. The maximum absolute atomic E-state index is 5.36. The SMILES string of the molecule is c1ccc(-c2cccc(-c3nc(-c4ccccc4)nc(-c4cc(-n5c6ccccc6c6cccc(-n7c8ccccc8c8ccccc87)c65)ccc4-c4ccccc4)n3)c2)cc1. The Hall–Kier alpha value is -8.41. The minimum atomic E-state index is 0.600. The van der Waals surface area contributed by atoms with Gasteiger partial charge in [0.2, 0.25) is 0 Å². The van der Waals surface area contributed by atoms with Crippen LogP contribution >= 0.6 is 0 Å². The van der Waals surface area contributed by atoms with Crippen molar-refractivity contribution in [2.45, 2.75) is 0 Å². The number of benzene rings is 9. The van der Waals surface area contributed by atoms with E-state index in [0.717, 1.165) is 61.4 Å². The van der Waals surface area contributed by atoms with Crippen molar-refractivity contribution in [2.75, 3.05) is 0 Å². The number of para-hydroxylation sites is 4. The van der Waals surface area contributed by atoms with E-state index in [0.29, 0.717) is 17.5 Å². The van der Waals surface area contributed by atoms with Gasteiger partial charge in [0.15, 0.2) is 17.5 Å².